The molecule has 0 aromatic heterocycles. The van der Waals surface area contributed by atoms with E-state index in [0.29, 0.717) is 22.7 Å². The van der Waals surface area contributed by atoms with Crippen molar-refractivity contribution in [2.24, 2.45) is 0 Å². The standard InChI is InChI=1S/C23H22N2O3/c1-2-17-8-14-21(15-9-17)28-16-22(26)24-19-10-12-20(13-11-19)25-23(27)18-6-4-3-5-7-18/h3-15H,2,16H2,1H3,(H,24,26)(H,25,27). The van der Waals surface area contributed by atoms with Gasteiger partial charge >= 0.3 is 0 Å². The van der Waals surface area contributed by atoms with Gasteiger partial charge in [0.2, 0.25) is 0 Å². The third kappa shape index (κ3) is 5.45. The van der Waals surface area contributed by atoms with Crippen molar-refractivity contribution in [3.05, 3.63) is 90.0 Å². The highest BCUT2D eigenvalue weighted by Gasteiger charge is 2.07. The number of hydrogen-bond acceptors (Lipinski definition) is 3. The van der Waals surface area contributed by atoms with E-state index < -0.39 is 0 Å². The van der Waals surface area contributed by atoms with Crippen LogP contribution in [-0.4, -0.2) is 18.4 Å². The summed E-state index contributed by atoms with van der Waals surface area (Å²) < 4.78 is 5.50. The van der Waals surface area contributed by atoms with E-state index in [0.717, 1.165) is 6.42 Å². The molecule has 0 aliphatic carbocycles. The first-order chi connectivity index (χ1) is 13.6. The molecule has 0 saturated carbocycles. The lowest BCUT2D eigenvalue weighted by Gasteiger charge is -2.09. The maximum absolute atomic E-state index is 12.1. The topological polar surface area (TPSA) is 67.4 Å². The van der Waals surface area contributed by atoms with Crippen LogP contribution in [0, 0.1) is 0 Å². The minimum atomic E-state index is -0.249. The van der Waals surface area contributed by atoms with Gasteiger partial charge in [-0.2, -0.15) is 0 Å². The van der Waals surface area contributed by atoms with E-state index in [1.807, 2.05) is 42.5 Å². The molecule has 3 rings (SSSR count). The highest BCUT2D eigenvalue weighted by molar-refractivity contribution is 6.04. The fourth-order valence-corrected chi connectivity index (χ4v) is 2.60. The van der Waals surface area contributed by atoms with Crippen LogP contribution < -0.4 is 15.4 Å². The van der Waals surface area contributed by atoms with Gasteiger partial charge in [0.1, 0.15) is 5.75 Å². The Kier molecular flexibility index (Phi) is 6.41. The second kappa shape index (κ2) is 9.37. The Bertz CT molecular complexity index is 920. The molecule has 0 bridgehead atoms. The molecule has 2 amide bonds. The highest BCUT2D eigenvalue weighted by atomic mass is 16.5. The Morgan fingerprint density at radius 1 is 0.786 bits per heavy atom. The molecular formula is C23H22N2O3. The minimum Gasteiger partial charge on any atom is -0.484 e. The van der Waals surface area contributed by atoms with Gasteiger partial charge in [-0.1, -0.05) is 37.3 Å². The fraction of sp³-hybridized carbons (Fsp3) is 0.130. The first-order valence-corrected chi connectivity index (χ1v) is 9.12. The quantitative estimate of drug-likeness (QED) is 0.639. The van der Waals surface area contributed by atoms with Gasteiger partial charge in [0.05, 0.1) is 0 Å². The van der Waals surface area contributed by atoms with Gasteiger partial charge < -0.3 is 15.4 Å². The molecule has 0 unspecified atom stereocenters. The van der Waals surface area contributed by atoms with E-state index >= 15 is 0 Å². The molecule has 0 fully saturated rings. The summed E-state index contributed by atoms with van der Waals surface area (Å²) in [6.45, 7) is 2.01. The maximum Gasteiger partial charge on any atom is 0.262 e. The SMILES string of the molecule is CCc1ccc(OCC(=O)Nc2ccc(NC(=O)c3ccccc3)cc2)cc1. The normalized spacial score (nSPS) is 10.2. The van der Waals surface area contributed by atoms with Crippen molar-refractivity contribution >= 4 is 23.2 Å². The Morgan fingerprint density at radius 2 is 1.39 bits per heavy atom. The molecule has 3 aromatic rings. The van der Waals surface area contributed by atoms with E-state index in [4.69, 9.17) is 4.74 Å². The van der Waals surface area contributed by atoms with Crippen LogP contribution in [0.15, 0.2) is 78.9 Å². The molecule has 0 aliphatic heterocycles. The van der Waals surface area contributed by atoms with Crippen molar-refractivity contribution < 1.29 is 14.3 Å². The summed E-state index contributed by atoms with van der Waals surface area (Å²) in [5.41, 5.74) is 3.09. The predicted molar refractivity (Wildman–Crippen MR) is 111 cm³/mol. The van der Waals surface area contributed by atoms with E-state index in [1.54, 1.807) is 36.4 Å². The number of ether oxygens (including phenoxy) is 1. The average molecular weight is 374 g/mol. The second-order valence-electron chi connectivity index (χ2n) is 6.23. The van der Waals surface area contributed by atoms with Crippen molar-refractivity contribution in [1.82, 2.24) is 0 Å². The van der Waals surface area contributed by atoms with Crippen LogP contribution in [0.4, 0.5) is 11.4 Å². The van der Waals surface area contributed by atoms with Gasteiger partial charge in [0.25, 0.3) is 11.8 Å². The Labute approximate surface area is 164 Å². The van der Waals surface area contributed by atoms with Crippen LogP contribution in [0.2, 0.25) is 0 Å². The van der Waals surface area contributed by atoms with Crippen LogP contribution in [0.3, 0.4) is 0 Å². The van der Waals surface area contributed by atoms with E-state index in [-0.39, 0.29) is 18.4 Å². The number of aryl methyl sites for hydroxylation is 1. The van der Waals surface area contributed by atoms with Crippen molar-refractivity contribution in [2.75, 3.05) is 17.2 Å². The monoisotopic (exact) mass is 374 g/mol. The van der Waals surface area contributed by atoms with E-state index in [1.165, 1.54) is 5.56 Å². The summed E-state index contributed by atoms with van der Waals surface area (Å²) in [4.78, 5) is 24.2. The Morgan fingerprint density at radius 3 is 2.00 bits per heavy atom. The number of rotatable bonds is 7. The summed E-state index contributed by atoms with van der Waals surface area (Å²) in [6.07, 6.45) is 0.961. The zero-order valence-corrected chi connectivity index (χ0v) is 15.6. The van der Waals surface area contributed by atoms with Gasteiger partial charge in [0, 0.05) is 16.9 Å². The largest absolute Gasteiger partial charge is 0.484 e. The third-order valence-corrected chi connectivity index (χ3v) is 4.16. The lowest BCUT2D eigenvalue weighted by molar-refractivity contribution is -0.118. The Hall–Kier alpha value is -3.60. The number of carbonyl (C=O) groups excluding carboxylic acids is 2. The molecule has 0 heterocycles. The number of anilines is 2. The summed E-state index contributed by atoms with van der Waals surface area (Å²) in [5, 5.41) is 5.59. The van der Waals surface area contributed by atoms with Crippen LogP contribution in [0.1, 0.15) is 22.8 Å². The molecule has 5 nitrogen and oxygen atoms in total. The van der Waals surface area contributed by atoms with Crippen molar-refractivity contribution in [2.45, 2.75) is 13.3 Å². The Balaban J connectivity index is 1.49. The van der Waals surface area contributed by atoms with Crippen molar-refractivity contribution in [3.8, 4) is 5.75 Å². The zero-order valence-electron chi connectivity index (χ0n) is 15.6. The van der Waals surface area contributed by atoms with Crippen molar-refractivity contribution in [3.63, 3.8) is 0 Å². The summed E-state index contributed by atoms with van der Waals surface area (Å²) >= 11 is 0. The van der Waals surface area contributed by atoms with Gasteiger partial charge in [0.15, 0.2) is 6.61 Å². The molecule has 2 N–H and O–H groups in total. The van der Waals surface area contributed by atoms with Crippen LogP contribution in [-0.2, 0) is 11.2 Å². The number of hydrogen-bond donors (Lipinski definition) is 2. The molecule has 0 aliphatic rings. The highest BCUT2D eigenvalue weighted by Crippen LogP contribution is 2.16. The van der Waals surface area contributed by atoms with Crippen LogP contribution >= 0.6 is 0 Å². The van der Waals surface area contributed by atoms with Gasteiger partial charge in [-0.25, -0.2) is 0 Å². The first kappa shape index (κ1) is 19.2. The molecule has 0 saturated heterocycles. The summed E-state index contributed by atoms with van der Waals surface area (Å²) in [7, 11) is 0. The first-order valence-electron chi connectivity index (χ1n) is 9.12. The van der Waals surface area contributed by atoms with E-state index in [9.17, 15) is 9.59 Å². The molecule has 0 atom stereocenters. The molecule has 0 radical (unpaired) electrons. The number of nitrogens with one attached hydrogen (secondary N) is 2. The van der Waals surface area contributed by atoms with Crippen LogP contribution in [0.25, 0.3) is 0 Å². The number of amides is 2. The minimum absolute atomic E-state index is 0.0715. The van der Waals surface area contributed by atoms with Gasteiger partial charge in [-0.15, -0.1) is 0 Å². The maximum atomic E-state index is 12.1. The fourth-order valence-electron chi connectivity index (χ4n) is 2.60. The molecule has 142 valence electrons. The molecule has 0 spiro atoms. The van der Waals surface area contributed by atoms with Gasteiger partial charge in [-0.3, -0.25) is 9.59 Å². The smallest absolute Gasteiger partial charge is 0.262 e. The average Bonchev–Trinajstić information content (AvgIpc) is 2.74. The second-order valence-corrected chi connectivity index (χ2v) is 6.23. The lowest BCUT2D eigenvalue weighted by Crippen LogP contribution is -2.20. The molecular weight excluding hydrogens is 352 g/mol. The molecule has 28 heavy (non-hydrogen) atoms. The summed E-state index contributed by atoms with van der Waals surface area (Å²) in [5.74, 6) is 0.229. The van der Waals surface area contributed by atoms with Gasteiger partial charge in [-0.05, 0) is 60.5 Å². The predicted octanol–water partition coefficient (Wildman–Crippen LogP) is 4.52. The molecule has 5 heteroatoms. The van der Waals surface area contributed by atoms with E-state index in [2.05, 4.69) is 17.6 Å². The number of benzene rings is 3. The molecule has 3 aromatic carbocycles. The zero-order chi connectivity index (χ0) is 19.8. The summed E-state index contributed by atoms with van der Waals surface area (Å²) in [6, 6.07) is 23.6. The number of carbonyl (C=O) groups is 2. The van der Waals surface area contributed by atoms with Crippen LogP contribution in [0.5, 0.6) is 5.75 Å². The van der Waals surface area contributed by atoms with Crippen molar-refractivity contribution in [1.29, 1.82) is 0 Å². The third-order valence-electron chi connectivity index (χ3n) is 4.16. The lowest BCUT2D eigenvalue weighted by atomic mass is 10.2.